The number of allylic oxidation sites excluding steroid dienone is 2. The van der Waals surface area contributed by atoms with Gasteiger partial charge in [-0.25, -0.2) is 9.97 Å². The Labute approximate surface area is 137 Å². The normalized spacial score (nSPS) is 12.9. The number of aryl methyl sites for hydroxylation is 2. The number of carbonyl (C=O) groups excluding carboxylic acids is 1. The van der Waals surface area contributed by atoms with E-state index in [0.29, 0.717) is 23.0 Å². The lowest BCUT2D eigenvalue weighted by Gasteiger charge is -2.13. The lowest BCUT2D eigenvalue weighted by molar-refractivity contribution is -0.117. The molecular formula is C16H26N6O. The first-order valence-electron chi connectivity index (χ1n) is 7.58. The summed E-state index contributed by atoms with van der Waals surface area (Å²) in [6, 6.07) is 1.84. The highest BCUT2D eigenvalue weighted by Crippen LogP contribution is 2.16. The van der Waals surface area contributed by atoms with Crippen LogP contribution in [0.1, 0.15) is 32.3 Å². The lowest BCUT2D eigenvalue weighted by Crippen LogP contribution is -2.27. The third-order valence-corrected chi connectivity index (χ3v) is 3.24. The molecule has 0 aliphatic heterocycles. The maximum Gasteiger partial charge on any atom is 0.267 e. The summed E-state index contributed by atoms with van der Waals surface area (Å²) in [6.45, 7) is 7.74. The Bertz CT molecular complexity index is 633. The molecule has 1 rings (SSSR count). The molecule has 7 nitrogen and oxygen atoms in total. The predicted molar refractivity (Wildman–Crippen MR) is 92.2 cm³/mol. The van der Waals surface area contributed by atoms with Crippen LogP contribution in [-0.4, -0.2) is 22.9 Å². The van der Waals surface area contributed by atoms with Crippen LogP contribution in [0.15, 0.2) is 29.2 Å². The molecule has 0 bridgehead atoms. The summed E-state index contributed by atoms with van der Waals surface area (Å²) in [5, 5.41) is 5.53. The molecule has 1 aromatic rings. The van der Waals surface area contributed by atoms with E-state index in [1.165, 1.54) is 7.05 Å². The first-order chi connectivity index (χ1) is 10.8. The van der Waals surface area contributed by atoms with Crippen molar-refractivity contribution in [2.45, 2.75) is 34.1 Å². The Balaban J connectivity index is 3.11. The second-order valence-electron chi connectivity index (χ2n) is 5.47. The van der Waals surface area contributed by atoms with Crippen LogP contribution in [0.2, 0.25) is 0 Å². The van der Waals surface area contributed by atoms with Gasteiger partial charge in [-0.3, -0.25) is 4.79 Å². The number of likely N-dealkylation sites (N-methyl/N-ethyl adjacent to an activating group) is 1. The van der Waals surface area contributed by atoms with Crippen LogP contribution in [0, 0.1) is 12.8 Å². The first-order valence-corrected chi connectivity index (χ1v) is 7.58. The molecule has 0 fully saturated rings. The van der Waals surface area contributed by atoms with Crippen LogP contribution in [-0.2, 0) is 11.2 Å². The van der Waals surface area contributed by atoms with Gasteiger partial charge in [0.1, 0.15) is 23.2 Å². The van der Waals surface area contributed by atoms with Crippen molar-refractivity contribution in [2.24, 2.45) is 17.4 Å². The standard InChI is InChI=1S/C16H26N6O/c1-6-11-7-14(21-10(4)20-11)22-13(17)8-12(9(2)3)15(18)16(23)19-5/h7-9H,6,17-18H2,1-5H3,(H,19,23)(H,20,21,22)/b13-8+,15-12+. The fourth-order valence-electron chi connectivity index (χ4n) is 2.05. The Morgan fingerprint density at radius 3 is 2.52 bits per heavy atom. The highest BCUT2D eigenvalue weighted by molar-refractivity contribution is 5.93. The summed E-state index contributed by atoms with van der Waals surface area (Å²) >= 11 is 0. The van der Waals surface area contributed by atoms with Gasteiger partial charge >= 0.3 is 0 Å². The van der Waals surface area contributed by atoms with Crippen molar-refractivity contribution in [3.8, 4) is 0 Å². The average Bonchev–Trinajstić information content (AvgIpc) is 2.50. The maximum atomic E-state index is 11.7. The van der Waals surface area contributed by atoms with Crippen molar-refractivity contribution in [2.75, 3.05) is 12.4 Å². The van der Waals surface area contributed by atoms with E-state index >= 15 is 0 Å². The van der Waals surface area contributed by atoms with Gasteiger partial charge in [0.05, 0.1) is 0 Å². The van der Waals surface area contributed by atoms with Crippen LogP contribution in [0.4, 0.5) is 5.82 Å². The van der Waals surface area contributed by atoms with Crippen molar-refractivity contribution in [1.29, 1.82) is 0 Å². The predicted octanol–water partition coefficient (Wildman–Crippen LogP) is 1.17. The van der Waals surface area contributed by atoms with E-state index in [1.54, 1.807) is 6.08 Å². The number of amides is 1. The van der Waals surface area contributed by atoms with Crippen molar-refractivity contribution >= 4 is 11.7 Å². The average molecular weight is 318 g/mol. The van der Waals surface area contributed by atoms with E-state index < -0.39 is 0 Å². The molecule has 126 valence electrons. The van der Waals surface area contributed by atoms with Gasteiger partial charge in [-0.1, -0.05) is 20.8 Å². The van der Waals surface area contributed by atoms with Gasteiger partial charge < -0.3 is 22.1 Å². The van der Waals surface area contributed by atoms with Gasteiger partial charge in [0, 0.05) is 18.8 Å². The Morgan fingerprint density at radius 1 is 1.35 bits per heavy atom. The van der Waals surface area contributed by atoms with Crippen LogP contribution < -0.4 is 22.1 Å². The molecule has 1 heterocycles. The van der Waals surface area contributed by atoms with Crippen LogP contribution >= 0.6 is 0 Å². The highest BCUT2D eigenvalue weighted by Gasteiger charge is 2.13. The van der Waals surface area contributed by atoms with Crippen molar-refractivity contribution < 1.29 is 4.79 Å². The van der Waals surface area contributed by atoms with Crippen molar-refractivity contribution in [3.05, 3.63) is 40.8 Å². The molecule has 7 heteroatoms. The highest BCUT2D eigenvalue weighted by atomic mass is 16.1. The quantitative estimate of drug-likeness (QED) is 0.462. The van der Waals surface area contributed by atoms with Crippen LogP contribution in [0.25, 0.3) is 0 Å². The first kappa shape index (κ1) is 18.5. The number of aromatic nitrogens is 2. The van der Waals surface area contributed by atoms with E-state index in [-0.39, 0.29) is 17.5 Å². The smallest absolute Gasteiger partial charge is 0.267 e. The molecule has 0 aliphatic carbocycles. The molecule has 6 N–H and O–H groups in total. The Hall–Kier alpha value is -2.57. The van der Waals surface area contributed by atoms with Crippen LogP contribution in [0.5, 0.6) is 0 Å². The zero-order valence-corrected chi connectivity index (χ0v) is 14.4. The molecular weight excluding hydrogens is 292 g/mol. The van der Waals surface area contributed by atoms with Crippen molar-refractivity contribution in [3.63, 3.8) is 0 Å². The van der Waals surface area contributed by atoms with Crippen LogP contribution in [0.3, 0.4) is 0 Å². The number of hydrogen-bond donors (Lipinski definition) is 4. The maximum absolute atomic E-state index is 11.7. The molecule has 0 saturated carbocycles. The van der Waals surface area contributed by atoms with Gasteiger partial charge in [-0.2, -0.15) is 0 Å². The molecule has 1 amide bonds. The lowest BCUT2D eigenvalue weighted by atomic mass is 10.00. The zero-order chi connectivity index (χ0) is 17.6. The summed E-state index contributed by atoms with van der Waals surface area (Å²) in [6.07, 6.45) is 2.47. The fraction of sp³-hybridized carbons (Fsp3) is 0.438. The minimum Gasteiger partial charge on any atom is -0.394 e. The van der Waals surface area contributed by atoms with Gasteiger partial charge in [0.25, 0.3) is 5.91 Å². The molecule has 23 heavy (non-hydrogen) atoms. The van der Waals surface area contributed by atoms with E-state index in [0.717, 1.165) is 12.1 Å². The fourth-order valence-corrected chi connectivity index (χ4v) is 2.05. The minimum absolute atomic E-state index is 0.0472. The molecule has 0 atom stereocenters. The number of nitrogens with one attached hydrogen (secondary N) is 2. The SMILES string of the molecule is CCc1cc(N/C(N)=C/C(=C(\N)C(=O)NC)C(C)C)nc(C)n1. The third kappa shape index (κ3) is 5.28. The number of nitrogens with zero attached hydrogens (tertiary/aromatic N) is 2. The van der Waals surface area contributed by atoms with Gasteiger partial charge in [-0.15, -0.1) is 0 Å². The number of carbonyl (C=O) groups is 1. The zero-order valence-electron chi connectivity index (χ0n) is 14.4. The van der Waals surface area contributed by atoms with E-state index in [9.17, 15) is 4.79 Å². The Kier molecular flexibility index (Phi) is 6.56. The topological polar surface area (TPSA) is 119 Å². The van der Waals surface area contributed by atoms with Gasteiger partial charge in [-0.05, 0) is 30.9 Å². The van der Waals surface area contributed by atoms with Gasteiger partial charge in [0.15, 0.2) is 0 Å². The second kappa shape index (κ2) is 8.17. The summed E-state index contributed by atoms with van der Waals surface area (Å²) in [4.78, 5) is 20.3. The number of rotatable bonds is 6. The molecule has 0 aliphatic rings. The number of nitrogens with two attached hydrogens (primary N) is 2. The molecule has 0 unspecified atom stereocenters. The molecule has 1 aromatic heterocycles. The summed E-state index contributed by atoms with van der Waals surface area (Å²) in [5.41, 5.74) is 13.7. The molecule has 0 spiro atoms. The monoisotopic (exact) mass is 318 g/mol. The molecule has 0 aromatic carbocycles. The van der Waals surface area contributed by atoms with E-state index in [2.05, 4.69) is 20.6 Å². The summed E-state index contributed by atoms with van der Waals surface area (Å²) in [7, 11) is 1.54. The molecule has 0 radical (unpaired) electrons. The second-order valence-corrected chi connectivity index (χ2v) is 5.47. The number of hydrogen-bond acceptors (Lipinski definition) is 6. The Morgan fingerprint density at radius 2 is 2.00 bits per heavy atom. The molecule has 0 saturated heterocycles. The van der Waals surface area contributed by atoms with Crippen molar-refractivity contribution in [1.82, 2.24) is 15.3 Å². The minimum atomic E-state index is -0.330. The van der Waals surface area contributed by atoms with Gasteiger partial charge in [0.2, 0.25) is 0 Å². The number of anilines is 1. The van der Waals surface area contributed by atoms with E-state index in [1.807, 2.05) is 33.8 Å². The summed E-state index contributed by atoms with van der Waals surface area (Å²) in [5.74, 6) is 1.37. The third-order valence-electron chi connectivity index (χ3n) is 3.24. The largest absolute Gasteiger partial charge is 0.394 e. The van der Waals surface area contributed by atoms with E-state index in [4.69, 9.17) is 11.5 Å². The summed E-state index contributed by atoms with van der Waals surface area (Å²) < 4.78 is 0.